The summed E-state index contributed by atoms with van der Waals surface area (Å²) >= 11 is 0. The van der Waals surface area contributed by atoms with Crippen molar-refractivity contribution >= 4 is 12.0 Å². The molecule has 5 rings (SSSR count). The van der Waals surface area contributed by atoms with Crippen LogP contribution >= 0.6 is 0 Å². The van der Waals surface area contributed by atoms with E-state index in [4.69, 9.17) is 19.9 Å². The Balaban J connectivity index is 1.34. The molecule has 0 saturated heterocycles. The molecular formula is C32H24N2O4. The largest absolute Gasteiger partial charge is 0.489 e. The van der Waals surface area contributed by atoms with E-state index in [-0.39, 0.29) is 5.88 Å². The third-order valence-corrected chi connectivity index (χ3v) is 6.08. The van der Waals surface area contributed by atoms with E-state index in [1.165, 1.54) is 6.08 Å². The van der Waals surface area contributed by atoms with E-state index in [2.05, 4.69) is 6.07 Å². The SMILES string of the molecule is N#CC1=C(N)Oc2cc(OC(=O)/C=C/c3ccccc3)ccc2C1c1ccc(OCc2ccccc2)cc1. The molecule has 0 saturated carbocycles. The number of allylic oxidation sites excluding steroid dienone is 1. The molecule has 1 atom stereocenters. The second-order valence-electron chi connectivity index (χ2n) is 8.63. The minimum absolute atomic E-state index is 0.0156. The van der Waals surface area contributed by atoms with Crippen molar-refractivity contribution in [3.63, 3.8) is 0 Å². The molecule has 6 nitrogen and oxygen atoms in total. The van der Waals surface area contributed by atoms with E-state index >= 15 is 0 Å². The lowest BCUT2D eigenvalue weighted by atomic mass is 9.83. The van der Waals surface area contributed by atoms with Gasteiger partial charge in [-0.3, -0.25) is 0 Å². The van der Waals surface area contributed by atoms with Crippen LogP contribution in [-0.2, 0) is 11.4 Å². The maximum Gasteiger partial charge on any atom is 0.336 e. The van der Waals surface area contributed by atoms with Crippen LogP contribution < -0.4 is 19.9 Å². The summed E-state index contributed by atoms with van der Waals surface area (Å²) in [5, 5.41) is 9.84. The molecule has 2 N–H and O–H groups in total. The molecule has 38 heavy (non-hydrogen) atoms. The summed E-state index contributed by atoms with van der Waals surface area (Å²) in [5.74, 6) is 0.507. The molecule has 1 aliphatic rings. The summed E-state index contributed by atoms with van der Waals surface area (Å²) in [5.41, 5.74) is 10.0. The fourth-order valence-corrected chi connectivity index (χ4v) is 4.22. The number of hydrogen-bond donors (Lipinski definition) is 1. The van der Waals surface area contributed by atoms with Crippen LogP contribution in [0.25, 0.3) is 6.08 Å². The maximum atomic E-state index is 12.3. The Morgan fingerprint density at radius 2 is 1.61 bits per heavy atom. The van der Waals surface area contributed by atoms with E-state index in [0.29, 0.717) is 29.4 Å². The molecule has 186 valence electrons. The summed E-state index contributed by atoms with van der Waals surface area (Å²) in [6.45, 7) is 0.457. The summed E-state index contributed by atoms with van der Waals surface area (Å²) in [7, 11) is 0. The average Bonchev–Trinajstić information content (AvgIpc) is 2.95. The lowest BCUT2D eigenvalue weighted by Gasteiger charge is -2.26. The van der Waals surface area contributed by atoms with Crippen molar-refractivity contribution in [2.75, 3.05) is 0 Å². The Hall–Kier alpha value is -5.28. The number of carbonyl (C=O) groups is 1. The number of carbonyl (C=O) groups excluding carboxylic acids is 1. The Labute approximate surface area is 220 Å². The molecule has 6 heteroatoms. The molecule has 0 radical (unpaired) electrons. The molecule has 1 aliphatic heterocycles. The Kier molecular flexibility index (Phi) is 7.19. The summed E-state index contributed by atoms with van der Waals surface area (Å²) < 4.78 is 17.1. The number of nitrogens with two attached hydrogens (primary N) is 1. The van der Waals surface area contributed by atoms with E-state index < -0.39 is 11.9 Å². The standard InChI is InChI=1S/C32H24N2O4/c33-20-28-31(24-12-14-25(15-13-24)36-21-23-9-5-2-6-10-23)27-17-16-26(19-29(27)38-32(28)34)37-30(35)18-11-22-7-3-1-4-8-22/h1-19,31H,21,34H2/b18-11+. The fraction of sp³-hybridized carbons (Fsp3) is 0.0625. The Bertz CT molecular complexity index is 1540. The van der Waals surface area contributed by atoms with Gasteiger partial charge in [-0.2, -0.15) is 5.26 Å². The number of ether oxygens (including phenoxy) is 3. The molecule has 0 amide bonds. The zero-order valence-electron chi connectivity index (χ0n) is 20.4. The fourth-order valence-electron chi connectivity index (χ4n) is 4.22. The molecular weight excluding hydrogens is 476 g/mol. The van der Waals surface area contributed by atoms with Crippen molar-refractivity contribution in [2.24, 2.45) is 5.73 Å². The number of fused-ring (bicyclic) bond motifs is 1. The average molecular weight is 501 g/mol. The van der Waals surface area contributed by atoms with Crippen LogP contribution in [0.3, 0.4) is 0 Å². The predicted molar refractivity (Wildman–Crippen MR) is 144 cm³/mol. The van der Waals surface area contributed by atoms with E-state index in [1.807, 2.05) is 84.9 Å². The molecule has 0 bridgehead atoms. The second-order valence-corrected chi connectivity index (χ2v) is 8.63. The number of hydrogen-bond acceptors (Lipinski definition) is 6. The lowest BCUT2D eigenvalue weighted by Crippen LogP contribution is -2.21. The Morgan fingerprint density at radius 3 is 2.32 bits per heavy atom. The van der Waals surface area contributed by atoms with Gasteiger partial charge < -0.3 is 19.9 Å². The van der Waals surface area contributed by atoms with Gasteiger partial charge in [0.1, 0.15) is 35.5 Å². The maximum absolute atomic E-state index is 12.3. The van der Waals surface area contributed by atoms with E-state index in [9.17, 15) is 10.1 Å². The van der Waals surface area contributed by atoms with Crippen LogP contribution in [-0.4, -0.2) is 5.97 Å². The molecule has 1 heterocycles. The summed E-state index contributed by atoms with van der Waals surface area (Å²) in [6, 6.07) is 34.2. The van der Waals surface area contributed by atoms with Crippen molar-refractivity contribution in [1.82, 2.24) is 0 Å². The first kappa shape index (κ1) is 24.4. The van der Waals surface area contributed by atoms with Gasteiger partial charge >= 0.3 is 5.97 Å². The molecule has 0 aromatic heterocycles. The number of benzene rings is 4. The summed E-state index contributed by atoms with van der Waals surface area (Å²) in [4.78, 5) is 12.3. The molecule has 1 unspecified atom stereocenters. The first-order valence-corrected chi connectivity index (χ1v) is 12.0. The van der Waals surface area contributed by atoms with Crippen molar-refractivity contribution in [2.45, 2.75) is 12.5 Å². The van der Waals surface area contributed by atoms with Crippen LogP contribution in [0.15, 0.2) is 121 Å². The van der Waals surface area contributed by atoms with Crippen LogP contribution in [0.5, 0.6) is 17.2 Å². The minimum atomic E-state index is -0.520. The van der Waals surface area contributed by atoms with E-state index in [0.717, 1.165) is 22.3 Å². The van der Waals surface area contributed by atoms with Crippen molar-refractivity contribution in [1.29, 1.82) is 5.26 Å². The topological polar surface area (TPSA) is 94.6 Å². The van der Waals surface area contributed by atoms with Gasteiger partial charge in [-0.05, 0) is 41.0 Å². The van der Waals surface area contributed by atoms with Gasteiger partial charge in [-0.25, -0.2) is 4.79 Å². The monoisotopic (exact) mass is 500 g/mol. The Morgan fingerprint density at radius 1 is 0.921 bits per heavy atom. The predicted octanol–water partition coefficient (Wildman–Crippen LogP) is 6.10. The third-order valence-electron chi connectivity index (χ3n) is 6.08. The first-order valence-electron chi connectivity index (χ1n) is 12.0. The lowest BCUT2D eigenvalue weighted by molar-refractivity contribution is -0.128. The van der Waals surface area contributed by atoms with Crippen LogP contribution in [0.2, 0.25) is 0 Å². The van der Waals surface area contributed by atoms with Crippen LogP contribution in [0, 0.1) is 11.3 Å². The molecule has 0 spiro atoms. The normalized spacial score (nSPS) is 14.3. The first-order chi connectivity index (χ1) is 18.6. The molecule has 4 aromatic carbocycles. The summed E-state index contributed by atoms with van der Waals surface area (Å²) in [6.07, 6.45) is 3.04. The highest BCUT2D eigenvalue weighted by molar-refractivity contribution is 5.88. The van der Waals surface area contributed by atoms with Gasteiger partial charge in [0, 0.05) is 17.7 Å². The highest BCUT2D eigenvalue weighted by Gasteiger charge is 2.31. The van der Waals surface area contributed by atoms with Gasteiger partial charge in [0.2, 0.25) is 5.88 Å². The zero-order valence-corrected chi connectivity index (χ0v) is 20.4. The number of nitrogens with zero attached hydrogens (tertiary/aromatic N) is 1. The molecule has 0 aliphatic carbocycles. The van der Waals surface area contributed by atoms with Gasteiger partial charge in [0.25, 0.3) is 0 Å². The highest BCUT2D eigenvalue weighted by atomic mass is 16.5. The van der Waals surface area contributed by atoms with Gasteiger partial charge in [0.15, 0.2) is 0 Å². The smallest absolute Gasteiger partial charge is 0.336 e. The van der Waals surface area contributed by atoms with Crippen molar-refractivity contribution in [3.8, 4) is 23.3 Å². The number of rotatable bonds is 7. The van der Waals surface area contributed by atoms with Crippen LogP contribution in [0.4, 0.5) is 0 Å². The quantitative estimate of drug-likeness (QED) is 0.187. The second kappa shape index (κ2) is 11.2. The van der Waals surface area contributed by atoms with Crippen LogP contribution in [0.1, 0.15) is 28.2 Å². The van der Waals surface area contributed by atoms with Gasteiger partial charge in [0.05, 0.1) is 5.92 Å². The highest BCUT2D eigenvalue weighted by Crippen LogP contribution is 2.43. The molecule has 0 fully saturated rings. The third kappa shape index (κ3) is 5.58. The van der Waals surface area contributed by atoms with Crippen molar-refractivity contribution < 1.29 is 19.0 Å². The zero-order chi connectivity index (χ0) is 26.3. The molecule has 4 aromatic rings. The van der Waals surface area contributed by atoms with Gasteiger partial charge in [-0.1, -0.05) is 78.9 Å². The minimum Gasteiger partial charge on any atom is -0.489 e. The van der Waals surface area contributed by atoms with Gasteiger partial charge in [-0.15, -0.1) is 0 Å². The number of nitriles is 1. The van der Waals surface area contributed by atoms with E-state index in [1.54, 1.807) is 24.3 Å². The number of esters is 1. The van der Waals surface area contributed by atoms with Crippen molar-refractivity contribution in [3.05, 3.63) is 143 Å².